The molecule has 3 rings (SSSR count). The van der Waals surface area contributed by atoms with Gasteiger partial charge in [0.1, 0.15) is 4.90 Å². The van der Waals surface area contributed by atoms with E-state index in [0.29, 0.717) is 13.1 Å². The number of rotatable bonds is 6. The van der Waals surface area contributed by atoms with Crippen molar-refractivity contribution < 1.29 is 13.2 Å². The Morgan fingerprint density at radius 3 is 2.40 bits per heavy atom. The van der Waals surface area contributed by atoms with E-state index in [1.54, 1.807) is 6.07 Å². The third-order valence-electron chi connectivity index (χ3n) is 5.77. The molecule has 1 fully saturated rings. The van der Waals surface area contributed by atoms with Crippen LogP contribution >= 0.6 is 11.6 Å². The quantitative estimate of drug-likeness (QED) is 0.675. The van der Waals surface area contributed by atoms with Gasteiger partial charge < -0.3 is 5.32 Å². The number of carbonyl (C=O) groups is 1. The van der Waals surface area contributed by atoms with E-state index < -0.39 is 10.0 Å². The third kappa shape index (κ3) is 4.88. The molecular formula is C23H29ClN2O3S. The van der Waals surface area contributed by atoms with E-state index in [2.05, 4.69) is 18.3 Å². The Morgan fingerprint density at radius 2 is 1.77 bits per heavy atom. The van der Waals surface area contributed by atoms with Crippen molar-refractivity contribution in [2.24, 2.45) is 0 Å². The molecule has 1 amide bonds. The first-order valence-electron chi connectivity index (χ1n) is 10.4. The van der Waals surface area contributed by atoms with Gasteiger partial charge in [-0.1, -0.05) is 43.1 Å². The van der Waals surface area contributed by atoms with Gasteiger partial charge in [0.2, 0.25) is 10.0 Å². The van der Waals surface area contributed by atoms with Crippen molar-refractivity contribution in [1.29, 1.82) is 0 Å². The fourth-order valence-corrected chi connectivity index (χ4v) is 5.75. The summed E-state index contributed by atoms with van der Waals surface area (Å²) >= 11 is 6.23. The van der Waals surface area contributed by atoms with E-state index in [4.69, 9.17) is 11.6 Å². The molecule has 1 N–H and O–H groups in total. The Bertz CT molecular complexity index is 1030. The molecule has 30 heavy (non-hydrogen) atoms. The lowest BCUT2D eigenvalue weighted by Gasteiger charge is -2.26. The number of sulfonamides is 1. The summed E-state index contributed by atoms with van der Waals surface area (Å²) in [5.74, 6) is -0.313. The minimum atomic E-state index is -3.72. The van der Waals surface area contributed by atoms with Crippen molar-refractivity contribution in [1.82, 2.24) is 9.62 Å². The summed E-state index contributed by atoms with van der Waals surface area (Å²) in [5, 5.41) is 3.17. The lowest BCUT2D eigenvalue weighted by atomic mass is 9.99. The molecule has 162 valence electrons. The number of hydrogen-bond acceptors (Lipinski definition) is 3. The average molecular weight is 449 g/mol. The molecule has 0 aliphatic carbocycles. The van der Waals surface area contributed by atoms with Crippen molar-refractivity contribution >= 4 is 27.5 Å². The molecule has 2 aromatic carbocycles. The van der Waals surface area contributed by atoms with Gasteiger partial charge in [-0.05, 0) is 68.0 Å². The molecule has 7 heteroatoms. The van der Waals surface area contributed by atoms with Crippen LogP contribution in [0.2, 0.25) is 5.02 Å². The highest BCUT2D eigenvalue weighted by molar-refractivity contribution is 7.89. The van der Waals surface area contributed by atoms with Crippen LogP contribution in [0.1, 0.15) is 65.7 Å². The van der Waals surface area contributed by atoms with Crippen LogP contribution in [0.25, 0.3) is 0 Å². The van der Waals surface area contributed by atoms with Gasteiger partial charge in [-0.2, -0.15) is 4.31 Å². The fourth-order valence-electron chi connectivity index (χ4n) is 3.73. The van der Waals surface area contributed by atoms with Gasteiger partial charge in [-0.25, -0.2) is 8.42 Å². The Labute approximate surface area is 184 Å². The number of hydrogen-bond donors (Lipinski definition) is 1. The second-order valence-corrected chi connectivity index (χ2v) is 10.2. The molecule has 1 heterocycles. The highest BCUT2D eigenvalue weighted by Crippen LogP contribution is 2.28. The zero-order chi connectivity index (χ0) is 21.9. The molecule has 0 bridgehead atoms. The monoisotopic (exact) mass is 448 g/mol. The smallest absolute Gasteiger partial charge is 0.251 e. The van der Waals surface area contributed by atoms with Crippen molar-refractivity contribution in [3.05, 3.63) is 63.7 Å². The number of halogens is 1. The zero-order valence-corrected chi connectivity index (χ0v) is 19.3. The molecule has 5 nitrogen and oxygen atoms in total. The highest BCUT2D eigenvalue weighted by atomic mass is 35.5. The highest BCUT2D eigenvalue weighted by Gasteiger charge is 2.29. The Balaban J connectivity index is 1.85. The molecule has 0 spiro atoms. The number of amides is 1. The van der Waals surface area contributed by atoms with Crippen molar-refractivity contribution in [2.45, 2.75) is 57.4 Å². The van der Waals surface area contributed by atoms with Crippen LogP contribution in [-0.4, -0.2) is 31.7 Å². The zero-order valence-electron chi connectivity index (χ0n) is 17.7. The van der Waals surface area contributed by atoms with Crippen LogP contribution < -0.4 is 5.32 Å². The predicted octanol–water partition coefficient (Wildman–Crippen LogP) is 5.01. The van der Waals surface area contributed by atoms with Crippen LogP contribution in [-0.2, 0) is 10.0 Å². The summed E-state index contributed by atoms with van der Waals surface area (Å²) in [4.78, 5) is 12.9. The summed E-state index contributed by atoms with van der Waals surface area (Å²) in [5.41, 5.74) is 3.69. The summed E-state index contributed by atoms with van der Waals surface area (Å²) < 4.78 is 27.6. The topological polar surface area (TPSA) is 66.5 Å². The van der Waals surface area contributed by atoms with E-state index in [1.165, 1.54) is 27.6 Å². The first-order chi connectivity index (χ1) is 14.2. The van der Waals surface area contributed by atoms with E-state index >= 15 is 0 Å². The Hall–Kier alpha value is -1.89. The molecule has 1 atom stereocenters. The van der Waals surface area contributed by atoms with E-state index in [-0.39, 0.29) is 27.4 Å². The summed E-state index contributed by atoms with van der Waals surface area (Å²) in [7, 11) is -3.72. The molecule has 1 aliphatic heterocycles. The summed E-state index contributed by atoms with van der Waals surface area (Å²) in [6, 6.07) is 10.4. The largest absolute Gasteiger partial charge is 0.345 e. The normalized spacial score (nSPS) is 16.3. The van der Waals surface area contributed by atoms with E-state index in [1.807, 2.05) is 26.0 Å². The van der Waals surface area contributed by atoms with Gasteiger partial charge in [-0.15, -0.1) is 0 Å². The van der Waals surface area contributed by atoms with E-state index in [0.717, 1.165) is 31.2 Å². The number of nitrogens with zero attached hydrogens (tertiary/aromatic N) is 1. The molecule has 0 radical (unpaired) electrons. The molecule has 2 aromatic rings. The molecule has 0 saturated carbocycles. The standard InChI is InChI=1S/C23H29ClN2O3S/c1-4-21(18-9-8-16(2)17(3)14-18)25-23(27)19-10-11-20(24)22(15-19)30(28,29)26-12-6-5-7-13-26/h8-11,14-15,21H,4-7,12-13H2,1-3H3,(H,25,27). The predicted molar refractivity (Wildman–Crippen MR) is 120 cm³/mol. The average Bonchev–Trinajstić information content (AvgIpc) is 2.74. The van der Waals surface area contributed by atoms with Gasteiger partial charge in [0, 0.05) is 18.7 Å². The van der Waals surface area contributed by atoms with Crippen LogP contribution in [0, 0.1) is 13.8 Å². The Morgan fingerprint density at radius 1 is 1.07 bits per heavy atom. The second kappa shape index (κ2) is 9.50. The second-order valence-electron chi connectivity index (χ2n) is 7.89. The number of aryl methyl sites for hydroxylation is 2. The van der Waals surface area contributed by atoms with Crippen LogP contribution in [0.5, 0.6) is 0 Å². The number of nitrogens with one attached hydrogen (secondary N) is 1. The van der Waals surface area contributed by atoms with Gasteiger partial charge in [0.15, 0.2) is 0 Å². The summed E-state index contributed by atoms with van der Waals surface area (Å²) in [6.07, 6.45) is 3.43. The van der Waals surface area contributed by atoms with Crippen LogP contribution in [0.4, 0.5) is 0 Å². The van der Waals surface area contributed by atoms with Crippen molar-refractivity contribution in [3.8, 4) is 0 Å². The van der Waals surface area contributed by atoms with Crippen LogP contribution in [0.3, 0.4) is 0 Å². The maximum Gasteiger partial charge on any atom is 0.251 e. The third-order valence-corrected chi connectivity index (χ3v) is 8.15. The lowest BCUT2D eigenvalue weighted by molar-refractivity contribution is 0.0935. The van der Waals surface area contributed by atoms with Crippen molar-refractivity contribution in [2.75, 3.05) is 13.1 Å². The fraction of sp³-hybridized carbons (Fsp3) is 0.435. The summed E-state index contributed by atoms with van der Waals surface area (Å²) in [6.45, 7) is 7.08. The maximum atomic E-state index is 13.1. The van der Waals surface area contributed by atoms with Crippen molar-refractivity contribution in [3.63, 3.8) is 0 Å². The minimum absolute atomic E-state index is 0.00190. The maximum absolute atomic E-state index is 13.1. The SMILES string of the molecule is CCC(NC(=O)c1ccc(Cl)c(S(=O)(=O)N2CCCCC2)c1)c1ccc(C)c(C)c1. The van der Waals surface area contributed by atoms with Gasteiger partial charge in [-0.3, -0.25) is 4.79 Å². The number of benzene rings is 2. The van der Waals surface area contributed by atoms with Gasteiger partial charge >= 0.3 is 0 Å². The Kier molecular flexibility index (Phi) is 7.22. The first kappa shape index (κ1) is 22.8. The van der Waals surface area contributed by atoms with Gasteiger partial charge in [0.05, 0.1) is 11.1 Å². The van der Waals surface area contributed by atoms with E-state index in [9.17, 15) is 13.2 Å². The van der Waals surface area contributed by atoms with Gasteiger partial charge in [0.25, 0.3) is 5.91 Å². The molecule has 1 unspecified atom stereocenters. The number of carbonyl (C=O) groups excluding carboxylic acids is 1. The molecule has 0 aromatic heterocycles. The first-order valence-corrected chi connectivity index (χ1v) is 12.2. The molecular weight excluding hydrogens is 420 g/mol. The molecule has 1 saturated heterocycles. The van der Waals surface area contributed by atoms with Crippen LogP contribution in [0.15, 0.2) is 41.3 Å². The number of piperidine rings is 1. The lowest BCUT2D eigenvalue weighted by Crippen LogP contribution is -2.36. The minimum Gasteiger partial charge on any atom is -0.345 e. The molecule has 1 aliphatic rings.